The van der Waals surface area contributed by atoms with Crippen molar-refractivity contribution in [3.8, 4) is 6.07 Å². The van der Waals surface area contributed by atoms with E-state index in [4.69, 9.17) is 40.1 Å². The third kappa shape index (κ3) is 2.42. The van der Waals surface area contributed by atoms with Crippen LogP contribution in [0.1, 0.15) is 16.7 Å². The monoisotopic (exact) mass is 245 g/mol. The lowest BCUT2D eigenvalue weighted by Crippen LogP contribution is -2.02. The summed E-state index contributed by atoms with van der Waals surface area (Å²) in [6, 6.07) is 6.85. The van der Waals surface area contributed by atoms with Crippen molar-refractivity contribution in [3.63, 3.8) is 0 Å². The van der Waals surface area contributed by atoms with E-state index in [0.29, 0.717) is 16.7 Å². The second-order valence-electron chi connectivity index (χ2n) is 2.62. The lowest BCUT2D eigenvalue weighted by atomic mass is 10.1. The number of nitrogens with zero attached hydrogens (tertiary/aromatic N) is 1. The largest absolute Gasteiger partial charge is 0.216 e. The Labute approximate surface area is 97.5 Å². The van der Waals surface area contributed by atoms with Crippen molar-refractivity contribution in [3.05, 3.63) is 41.5 Å². The minimum atomic E-state index is -1.49. The van der Waals surface area contributed by atoms with Gasteiger partial charge in [-0.25, -0.2) is 0 Å². The average Bonchev–Trinajstić information content (AvgIpc) is 2.15. The zero-order chi connectivity index (χ0) is 10.8. The Bertz CT molecular complexity index is 399. The van der Waals surface area contributed by atoms with Gasteiger partial charge < -0.3 is 0 Å². The molecule has 72 valence electrons. The molecule has 0 heterocycles. The van der Waals surface area contributed by atoms with Gasteiger partial charge in [0, 0.05) is 5.56 Å². The van der Waals surface area contributed by atoms with E-state index in [1.807, 2.05) is 6.07 Å². The fourth-order valence-corrected chi connectivity index (χ4v) is 1.58. The molecule has 14 heavy (non-hydrogen) atoms. The molecule has 1 aromatic rings. The number of halogens is 3. The van der Waals surface area contributed by atoms with Crippen molar-refractivity contribution in [1.29, 1.82) is 5.26 Å². The molecule has 0 aliphatic heterocycles. The third-order valence-corrected chi connectivity index (χ3v) is 2.32. The average molecular weight is 247 g/mol. The predicted octanol–water partition coefficient (Wildman–Crippen LogP) is 4.03. The normalized spacial score (nSPS) is 10.7. The van der Waals surface area contributed by atoms with Gasteiger partial charge in [0.1, 0.15) is 0 Å². The predicted molar refractivity (Wildman–Crippen MR) is 60.5 cm³/mol. The van der Waals surface area contributed by atoms with Gasteiger partial charge in [0.2, 0.25) is 3.79 Å². The molecule has 0 fully saturated rings. The van der Waals surface area contributed by atoms with Crippen molar-refractivity contribution in [2.75, 3.05) is 0 Å². The Morgan fingerprint density at radius 3 is 2.43 bits per heavy atom. The summed E-state index contributed by atoms with van der Waals surface area (Å²) in [7, 11) is 0. The van der Waals surface area contributed by atoms with Gasteiger partial charge in [-0.1, -0.05) is 53.5 Å². The molecule has 1 nitrogen and oxygen atoms in total. The molecule has 0 aliphatic carbocycles. The number of hydrogen-bond donors (Lipinski definition) is 0. The van der Waals surface area contributed by atoms with Gasteiger partial charge in [-0.05, 0) is 17.7 Å². The van der Waals surface area contributed by atoms with Crippen LogP contribution >= 0.6 is 34.8 Å². The molecule has 1 aromatic carbocycles. The van der Waals surface area contributed by atoms with Gasteiger partial charge in [-0.15, -0.1) is 0 Å². The number of rotatable bonds is 1. The van der Waals surface area contributed by atoms with Crippen molar-refractivity contribution in [1.82, 2.24) is 0 Å². The van der Waals surface area contributed by atoms with Crippen LogP contribution in [-0.2, 0) is 3.79 Å². The maximum Gasteiger partial charge on any atom is 0.216 e. The Kier molecular flexibility index (Phi) is 3.44. The van der Waals surface area contributed by atoms with E-state index in [9.17, 15) is 0 Å². The van der Waals surface area contributed by atoms with Crippen molar-refractivity contribution in [2.24, 2.45) is 0 Å². The molecule has 0 N–H and O–H groups in total. The number of benzene rings is 1. The summed E-state index contributed by atoms with van der Waals surface area (Å²) in [5, 5.41) is 8.67. The minimum absolute atomic E-state index is 0.512. The smallest absolute Gasteiger partial charge is 0.192 e. The van der Waals surface area contributed by atoms with Crippen LogP contribution in [0.25, 0.3) is 6.08 Å². The summed E-state index contributed by atoms with van der Waals surface area (Å²) < 4.78 is -1.49. The van der Waals surface area contributed by atoms with Gasteiger partial charge in [0.15, 0.2) is 0 Å². The highest BCUT2D eigenvalue weighted by Gasteiger charge is 2.25. The lowest BCUT2D eigenvalue weighted by molar-refractivity contribution is 1.23. The summed E-state index contributed by atoms with van der Waals surface area (Å²) in [4.78, 5) is 0. The van der Waals surface area contributed by atoms with Crippen LogP contribution in [0.3, 0.4) is 0 Å². The van der Waals surface area contributed by atoms with Gasteiger partial charge in [-0.3, -0.25) is 0 Å². The molecule has 0 radical (unpaired) electrons. The number of hydrogen-bond acceptors (Lipinski definition) is 1. The minimum Gasteiger partial charge on any atom is -0.192 e. The topological polar surface area (TPSA) is 23.8 Å². The van der Waals surface area contributed by atoms with Gasteiger partial charge in [0.25, 0.3) is 0 Å². The molecule has 0 saturated heterocycles. The molecule has 0 atom stereocenters. The molecular weight excluding hydrogens is 240 g/mol. The van der Waals surface area contributed by atoms with Gasteiger partial charge >= 0.3 is 0 Å². The molecule has 4 heteroatoms. The Balaban J connectivity index is 3.34. The Hall–Kier alpha value is -0.680. The third-order valence-electron chi connectivity index (χ3n) is 1.71. The molecule has 0 spiro atoms. The van der Waals surface area contributed by atoms with Crippen molar-refractivity contribution in [2.45, 2.75) is 3.79 Å². The molecule has 1 rings (SSSR count). The van der Waals surface area contributed by atoms with E-state index in [1.165, 1.54) is 0 Å². The van der Waals surface area contributed by atoms with Crippen LogP contribution < -0.4 is 0 Å². The van der Waals surface area contributed by atoms with E-state index >= 15 is 0 Å². The highest BCUT2D eigenvalue weighted by atomic mass is 35.6. The molecule has 0 aromatic heterocycles. The standard InChI is InChI=1S/C10H6Cl3N/c1-2-8-5-7(6-14)3-4-9(8)10(11,12)13/h2-5H,1H2. The maximum atomic E-state index is 8.67. The number of nitriles is 1. The highest BCUT2D eigenvalue weighted by molar-refractivity contribution is 6.66. The molecule has 0 unspecified atom stereocenters. The Morgan fingerprint density at radius 1 is 1.36 bits per heavy atom. The first-order valence-corrected chi connectivity index (χ1v) is 4.86. The van der Waals surface area contributed by atoms with Crippen molar-refractivity contribution >= 4 is 40.9 Å². The van der Waals surface area contributed by atoms with Gasteiger partial charge in [0.05, 0.1) is 11.6 Å². The summed E-state index contributed by atoms with van der Waals surface area (Å²) in [5.41, 5.74) is 1.69. The van der Waals surface area contributed by atoms with Crippen LogP contribution in [0, 0.1) is 11.3 Å². The van der Waals surface area contributed by atoms with Crippen LogP contribution in [0.4, 0.5) is 0 Å². The quantitative estimate of drug-likeness (QED) is 0.686. The zero-order valence-electron chi connectivity index (χ0n) is 7.10. The summed E-state index contributed by atoms with van der Waals surface area (Å²) in [6.45, 7) is 3.60. The molecule has 0 saturated carbocycles. The van der Waals surface area contributed by atoms with Crippen molar-refractivity contribution < 1.29 is 0 Å². The Morgan fingerprint density at radius 2 is 2.00 bits per heavy atom. The SMILES string of the molecule is C=Cc1cc(C#N)ccc1C(Cl)(Cl)Cl. The lowest BCUT2D eigenvalue weighted by Gasteiger charge is -2.14. The van der Waals surface area contributed by atoms with E-state index in [-0.39, 0.29) is 0 Å². The second-order valence-corrected chi connectivity index (χ2v) is 4.90. The van der Waals surface area contributed by atoms with E-state index in [0.717, 1.165) is 0 Å². The highest BCUT2D eigenvalue weighted by Crippen LogP contribution is 2.40. The van der Waals surface area contributed by atoms with Gasteiger partial charge in [-0.2, -0.15) is 5.26 Å². The molecule has 0 bridgehead atoms. The van der Waals surface area contributed by atoms with Crippen LogP contribution in [0.15, 0.2) is 24.8 Å². The van der Waals surface area contributed by atoms with Crippen LogP contribution in [0.5, 0.6) is 0 Å². The summed E-state index contributed by atoms with van der Waals surface area (Å²) in [6.07, 6.45) is 1.55. The van der Waals surface area contributed by atoms with E-state index in [1.54, 1.807) is 24.3 Å². The second kappa shape index (κ2) is 4.23. The summed E-state index contributed by atoms with van der Waals surface area (Å²) >= 11 is 17.2. The zero-order valence-corrected chi connectivity index (χ0v) is 9.37. The molecule has 0 amide bonds. The molecule has 0 aliphatic rings. The van der Waals surface area contributed by atoms with E-state index in [2.05, 4.69) is 6.58 Å². The fraction of sp³-hybridized carbons (Fsp3) is 0.100. The first-order chi connectivity index (χ1) is 6.49. The van der Waals surface area contributed by atoms with Crippen LogP contribution in [-0.4, -0.2) is 0 Å². The number of alkyl halides is 3. The van der Waals surface area contributed by atoms with E-state index < -0.39 is 3.79 Å². The first-order valence-electron chi connectivity index (χ1n) is 3.73. The maximum absolute atomic E-state index is 8.67. The first kappa shape index (κ1) is 11.4. The summed E-state index contributed by atoms with van der Waals surface area (Å²) in [5.74, 6) is 0. The molecular formula is C10H6Cl3N. The fourth-order valence-electron chi connectivity index (χ4n) is 1.06. The van der Waals surface area contributed by atoms with Crippen LogP contribution in [0.2, 0.25) is 0 Å².